The summed E-state index contributed by atoms with van der Waals surface area (Å²) in [4.78, 5) is 11.8. The second-order valence-corrected chi connectivity index (χ2v) is 5.64. The van der Waals surface area contributed by atoms with Crippen molar-refractivity contribution in [1.82, 2.24) is 15.5 Å². The van der Waals surface area contributed by atoms with E-state index < -0.39 is 0 Å². The number of rotatable bonds is 4. The van der Waals surface area contributed by atoms with Crippen LogP contribution < -0.4 is 10.6 Å². The first-order valence-corrected chi connectivity index (χ1v) is 6.23. The van der Waals surface area contributed by atoms with Gasteiger partial charge in [-0.2, -0.15) is 0 Å². The summed E-state index contributed by atoms with van der Waals surface area (Å²) in [7, 11) is 0. The molecule has 6 heteroatoms. The van der Waals surface area contributed by atoms with E-state index in [0.29, 0.717) is 10.1 Å². The molecule has 1 fully saturated rings. The van der Waals surface area contributed by atoms with Crippen LogP contribution in [0.25, 0.3) is 0 Å². The second kappa shape index (κ2) is 4.01. The number of carbonyl (C=O) groups excluding carboxylic acids is 1. The van der Waals surface area contributed by atoms with Gasteiger partial charge in [0.05, 0.1) is 0 Å². The van der Waals surface area contributed by atoms with Crippen LogP contribution in [0.3, 0.4) is 0 Å². The second-order valence-electron chi connectivity index (χ2n) is 4.66. The first-order chi connectivity index (χ1) is 7.53. The molecule has 0 saturated heterocycles. The molecule has 0 aliphatic heterocycles. The lowest BCUT2D eigenvalue weighted by molar-refractivity contribution is 0.0945. The summed E-state index contributed by atoms with van der Waals surface area (Å²) < 4.78 is 0. The lowest BCUT2D eigenvalue weighted by Gasteiger charge is -2.03. The van der Waals surface area contributed by atoms with Gasteiger partial charge in [0.15, 0.2) is 0 Å². The summed E-state index contributed by atoms with van der Waals surface area (Å²) in [5.74, 6) is -0.114. The van der Waals surface area contributed by atoms with Crippen LogP contribution >= 0.6 is 11.3 Å². The summed E-state index contributed by atoms with van der Waals surface area (Å²) in [5.41, 5.74) is 0.241. The third kappa shape index (κ3) is 2.32. The van der Waals surface area contributed by atoms with Gasteiger partial charge in [-0.3, -0.25) is 4.79 Å². The topological polar surface area (TPSA) is 66.9 Å². The van der Waals surface area contributed by atoms with Crippen molar-refractivity contribution in [2.75, 3.05) is 11.9 Å². The molecule has 0 bridgehead atoms. The highest BCUT2D eigenvalue weighted by Crippen LogP contribution is 2.44. The van der Waals surface area contributed by atoms with E-state index in [-0.39, 0.29) is 17.4 Å². The van der Waals surface area contributed by atoms with Crippen molar-refractivity contribution in [2.24, 2.45) is 5.41 Å². The quantitative estimate of drug-likeness (QED) is 0.837. The van der Waals surface area contributed by atoms with Crippen LogP contribution in [0.2, 0.25) is 0 Å². The number of nitrogens with zero attached hydrogens (tertiary/aromatic N) is 2. The SMILES string of the molecule is CCNc1nnc(C(=O)NC2CC2(C)C)s1. The predicted octanol–water partition coefficient (Wildman–Crippen LogP) is 1.50. The van der Waals surface area contributed by atoms with E-state index in [1.165, 1.54) is 11.3 Å². The molecule has 0 radical (unpaired) electrons. The van der Waals surface area contributed by atoms with Crippen LogP contribution in [0, 0.1) is 5.41 Å². The molecule has 1 aliphatic rings. The summed E-state index contributed by atoms with van der Waals surface area (Å²) in [6, 6.07) is 0.284. The normalized spacial score (nSPS) is 21.6. The zero-order valence-electron chi connectivity index (χ0n) is 9.70. The van der Waals surface area contributed by atoms with Crippen molar-refractivity contribution in [3.05, 3.63) is 5.01 Å². The van der Waals surface area contributed by atoms with E-state index in [0.717, 1.165) is 13.0 Å². The summed E-state index contributed by atoms with van der Waals surface area (Å²) in [5, 5.41) is 14.9. The van der Waals surface area contributed by atoms with E-state index in [2.05, 4.69) is 34.7 Å². The van der Waals surface area contributed by atoms with Gasteiger partial charge in [-0.15, -0.1) is 10.2 Å². The monoisotopic (exact) mass is 240 g/mol. The van der Waals surface area contributed by atoms with Gasteiger partial charge in [0.1, 0.15) is 0 Å². The van der Waals surface area contributed by atoms with Gasteiger partial charge >= 0.3 is 0 Å². The van der Waals surface area contributed by atoms with E-state index in [1.807, 2.05) is 6.92 Å². The minimum Gasteiger partial charge on any atom is -0.360 e. The minimum absolute atomic E-state index is 0.114. The number of hydrogen-bond donors (Lipinski definition) is 2. The third-order valence-electron chi connectivity index (χ3n) is 2.77. The van der Waals surface area contributed by atoms with Crippen molar-refractivity contribution in [3.8, 4) is 0 Å². The molecule has 1 aromatic rings. The number of carbonyl (C=O) groups is 1. The Balaban J connectivity index is 1.93. The van der Waals surface area contributed by atoms with Crippen molar-refractivity contribution >= 4 is 22.4 Å². The highest BCUT2D eigenvalue weighted by atomic mass is 32.1. The highest BCUT2D eigenvalue weighted by molar-refractivity contribution is 7.17. The van der Waals surface area contributed by atoms with Crippen LogP contribution in [0.15, 0.2) is 0 Å². The molecular weight excluding hydrogens is 224 g/mol. The molecule has 2 rings (SSSR count). The standard InChI is InChI=1S/C10H16N4OS/c1-4-11-9-14-13-8(16-9)7(15)12-6-5-10(6,2)3/h6H,4-5H2,1-3H3,(H,11,14)(H,12,15). The van der Waals surface area contributed by atoms with E-state index >= 15 is 0 Å². The minimum atomic E-state index is -0.114. The van der Waals surface area contributed by atoms with E-state index in [1.54, 1.807) is 0 Å². The van der Waals surface area contributed by atoms with Gasteiger partial charge < -0.3 is 10.6 Å². The Bertz CT molecular complexity index is 401. The fourth-order valence-corrected chi connectivity index (χ4v) is 2.19. The van der Waals surface area contributed by atoms with Crippen LogP contribution in [0.4, 0.5) is 5.13 Å². The Kier molecular flexibility index (Phi) is 2.84. The van der Waals surface area contributed by atoms with Gasteiger partial charge in [0, 0.05) is 12.6 Å². The third-order valence-corrected chi connectivity index (χ3v) is 3.65. The van der Waals surface area contributed by atoms with Gasteiger partial charge in [-0.05, 0) is 18.8 Å². The Morgan fingerprint density at radius 3 is 2.81 bits per heavy atom. The Morgan fingerprint density at radius 1 is 1.56 bits per heavy atom. The maximum Gasteiger partial charge on any atom is 0.282 e. The molecule has 88 valence electrons. The zero-order valence-corrected chi connectivity index (χ0v) is 10.5. The fraction of sp³-hybridized carbons (Fsp3) is 0.700. The Labute approximate surface area is 98.7 Å². The van der Waals surface area contributed by atoms with Crippen LogP contribution in [-0.2, 0) is 0 Å². The molecule has 0 spiro atoms. The van der Waals surface area contributed by atoms with Crippen molar-refractivity contribution in [2.45, 2.75) is 33.2 Å². The molecule has 2 N–H and O–H groups in total. The molecule has 1 aliphatic carbocycles. The van der Waals surface area contributed by atoms with Crippen molar-refractivity contribution in [1.29, 1.82) is 0 Å². The number of hydrogen-bond acceptors (Lipinski definition) is 5. The molecule has 1 unspecified atom stereocenters. The average molecular weight is 240 g/mol. The molecule has 1 saturated carbocycles. The maximum absolute atomic E-state index is 11.8. The fourth-order valence-electron chi connectivity index (χ4n) is 1.47. The Hall–Kier alpha value is -1.17. The first kappa shape index (κ1) is 11.3. The Morgan fingerprint density at radius 2 is 2.25 bits per heavy atom. The molecule has 1 amide bonds. The van der Waals surface area contributed by atoms with Gasteiger partial charge in [0.25, 0.3) is 5.91 Å². The largest absolute Gasteiger partial charge is 0.360 e. The lowest BCUT2D eigenvalue weighted by atomic mass is 10.2. The molecule has 16 heavy (non-hydrogen) atoms. The average Bonchev–Trinajstić information content (AvgIpc) is 2.66. The number of nitrogens with one attached hydrogen (secondary N) is 2. The highest BCUT2D eigenvalue weighted by Gasteiger charge is 2.46. The summed E-state index contributed by atoms with van der Waals surface area (Å²) >= 11 is 1.29. The lowest BCUT2D eigenvalue weighted by Crippen LogP contribution is -2.28. The zero-order chi connectivity index (χ0) is 11.8. The first-order valence-electron chi connectivity index (χ1n) is 5.41. The van der Waals surface area contributed by atoms with Crippen LogP contribution in [0.1, 0.15) is 37.0 Å². The summed E-state index contributed by atoms with van der Waals surface area (Å²) in [6.45, 7) is 7.05. The molecule has 1 atom stereocenters. The number of aromatic nitrogens is 2. The van der Waals surface area contributed by atoms with E-state index in [4.69, 9.17) is 0 Å². The maximum atomic E-state index is 11.8. The molecule has 0 aromatic carbocycles. The number of anilines is 1. The number of amides is 1. The van der Waals surface area contributed by atoms with Gasteiger partial charge in [0.2, 0.25) is 10.1 Å². The van der Waals surface area contributed by atoms with Crippen LogP contribution in [0.5, 0.6) is 0 Å². The molecule has 1 aromatic heterocycles. The van der Waals surface area contributed by atoms with Crippen molar-refractivity contribution in [3.63, 3.8) is 0 Å². The van der Waals surface area contributed by atoms with Gasteiger partial charge in [-0.1, -0.05) is 25.2 Å². The summed E-state index contributed by atoms with van der Waals surface area (Å²) in [6.07, 6.45) is 1.04. The van der Waals surface area contributed by atoms with Gasteiger partial charge in [-0.25, -0.2) is 0 Å². The van der Waals surface area contributed by atoms with Crippen molar-refractivity contribution < 1.29 is 4.79 Å². The predicted molar refractivity (Wildman–Crippen MR) is 63.7 cm³/mol. The smallest absolute Gasteiger partial charge is 0.282 e. The van der Waals surface area contributed by atoms with Crippen LogP contribution in [-0.4, -0.2) is 28.7 Å². The molecular formula is C10H16N4OS. The molecule has 1 heterocycles. The molecule has 5 nitrogen and oxygen atoms in total. The van der Waals surface area contributed by atoms with E-state index in [9.17, 15) is 4.79 Å².